The molecule has 6 nitrogen and oxygen atoms in total. The van der Waals surface area contributed by atoms with Crippen LogP contribution in [0.25, 0.3) is 0 Å². The van der Waals surface area contributed by atoms with Gasteiger partial charge >= 0.3 is 0 Å². The van der Waals surface area contributed by atoms with Crippen molar-refractivity contribution in [2.75, 3.05) is 37.6 Å². The summed E-state index contributed by atoms with van der Waals surface area (Å²) in [4.78, 5) is 37.9. The highest BCUT2D eigenvalue weighted by Crippen LogP contribution is 2.42. The molecule has 6 rings (SSSR count). The molecular weight excluding hydrogens is 504 g/mol. The molecule has 3 aliphatic rings. The van der Waals surface area contributed by atoms with E-state index >= 15 is 0 Å². The number of carbonyl (C=O) groups is 2. The number of pyridine rings is 1. The molecule has 0 bridgehead atoms. The lowest BCUT2D eigenvalue weighted by atomic mass is 9.71. The number of halogens is 1. The van der Waals surface area contributed by atoms with E-state index in [2.05, 4.69) is 28.1 Å². The summed E-state index contributed by atoms with van der Waals surface area (Å²) in [5, 5.41) is 0. The first-order valence-electron chi connectivity index (χ1n) is 13.1. The lowest BCUT2D eigenvalue weighted by Crippen LogP contribution is -2.48. The summed E-state index contributed by atoms with van der Waals surface area (Å²) in [7, 11) is 0. The number of hydrogen-bond acceptors (Lipinski definition) is 5. The minimum Gasteiger partial charge on any atom is -0.371 e. The van der Waals surface area contributed by atoms with Crippen molar-refractivity contribution < 1.29 is 9.59 Å². The number of rotatable bonds is 3. The van der Waals surface area contributed by atoms with Gasteiger partial charge in [0.15, 0.2) is 0 Å². The summed E-state index contributed by atoms with van der Waals surface area (Å²) >= 11 is 7.37. The Hall–Kier alpha value is -2.90. The highest BCUT2D eigenvalue weighted by molar-refractivity contribution is 7.17. The van der Waals surface area contributed by atoms with Crippen molar-refractivity contribution in [3.8, 4) is 0 Å². The zero-order chi connectivity index (χ0) is 25.4. The fourth-order valence-corrected chi connectivity index (χ4v) is 7.20. The van der Waals surface area contributed by atoms with E-state index in [4.69, 9.17) is 11.6 Å². The van der Waals surface area contributed by atoms with Crippen LogP contribution < -0.4 is 4.90 Å². The summed E-state index contributed by atoms with van der Waals surface area (Å²) in [6.07, 6.45) is 8.93. The molecule has 0 atom stereocenters. The van der Waals surface area contributed by atoms with Gasteiger partial charge < -0.3 is 14.7 Å². The zero-order valence-corrected chi connectivity index (χ0v) is 22.4. The SMILES string of the molecule is O=C(c1ccc(Cl)s1)N1CCc2cccc(C(=O)N3CCC4(CC3)CCN(c3ccncc3)CC4)c2C1. The monoisotopic (exact) mass is 534 g/mol. The molecule has 2 amide bonds. The van der Waals surface area contributed by atoms with Crippen LogP contribution in [0, 0.1) is 5.41 Å². The molecule has 2 aromatic heterocycles. The third kappa shape index (κ3) is 4.87. The summed E-state index contributed by atoms with van der Waals surface area (Å²) in [6.45, 7) is 4.84. The molecule has 2 saturated heterocycles. The van der Waals surface area contributed by atoms with Gasteiger partial charge in [-0.3, -0.25) is 14.6 Å². The number of aromatic nitrogens is 1. The Kier molecular flexibility index (Phi) is 6.67. The predicted octanol–water partition coefficient (Wildman–Crippen LogP) is 5.52. The number of likely N-dealkylation sites (tertiary alicyclic amines) is 1. The molecule has 0 radical (unpaired) electrons. The van der Waals surface area contributed by atoms with E-state index in [-0.39, 0.29) is 11.8 Å². The first kappa shape index (κ1) is 24.4. The number of nitrogens with zero attached hydrogens (tertiary/aromatic N) is 4. The molecule has 1 aromatic carbocycles. The lowest BCUT2D eigenvalue weighted by molar-refractivity contribution is 0.0510. The van der Waals surface area contributed by atoms with Crippen LogP contribution in [0.4, 0.5) is 5.69 Å². The number of anilines is 1. The third-order valence-electron chi connectivity index (χ3n) is 8.54. The number of fused-ring (bicyclic) bond motifs is 1. The smallest absolute Gasteiger partial charge is 0.264 e. The largest absolute Gasteiger partial charge is 0.371 e. The Labute approximate surface area is 226 Å². The fraction of sp³-hybridized carbons (Fsp3) is 0.414. The predicted molar refractivity (Wildman–Crippen MR) is 147 cm³/mol. The highest BCUT2D eigenvalue weighted by Gasteiger charge is 2.39. The second-order valence-corrected chi connectivity index (χ2v) is 12.2. The summed E-state index contributed by atoms with van der Waals surface area (Å²) < 4.78 is 0.613. The van der Waals surface area contributed by atoms with Crippen LogP contribution in [-0.4, -0.2) is 59.3 Å². The topological polar surface area (TPSA) is 56.8 Å². The van der Waals surface area contributed by atoms with Crippen molar-refractivity contribution >= 4 is 40.4 Å². The van der Waals surface area contributed by atoms with Crippen molar-refractivity contribution in [3.63, 3.8) is 0 Å². The normalized spacial score (nSPS) is 19.1. The average molecular weight is 535 g/mol. The minimum absolute atomic E-state index is 0.0113. The van der Waals surface area contributed by atoms with Crippen molar-refractivity contribution in [1.29, 1.82) is 0 Å². The standard InChI is InChI=1S/C29H31ClN4O2S/c30-26-5-4-25(37-26)28(36)34-15-8-21-2-1-3-23(24(21)20-34)27(35)33-18-11-29(12-19-33)9-16-32(17-10-29)22-6-13-31-14-7-22/h1-7,13-14H,8-12,15-20H2. The van der Waals surface area contributed by atoms with Gasteiger partial charge in [-0.2, -0.15) is 0 Å². The molecule has 192 valence electrons. The van der Waals surface area contributed by atoms with Crippen LogP contribution in [0.15, 0.2) is 54.9 Å². The van der Waals surface area contributed by atoms with Gasteiger partial charge in [0.05, 0.1) is 9.21 Å². The van der Waals surface area contributed by atoms with Gasteiger partial charge in [0.2, 0.25) is 0 Å². The molecule has 0 unspecified atom stereocenters. The van der Waals surface area contributed by atoms with Crippen LogP contribution in [-0.2, 0) is 13.0 Å². The number of benzene rings is 1. The van der Waals surface area contributed by atoms with Gasteiger partial charge in [-0.05, 0) is 79.0 Å². The zero-order valence-electron chi connectivity index (χ0n) is 20.9. The average Bonchev–Trinajstić information content (AvgIpc) is 3.39. The maximum atomic E-state index is 13.7. The molecule has 3 aliphatic heterocycles. The molecular formula is C29H31ClN4O2S. The molecule has 2 fully saturated rings. The van der Waals surface area contributed by atoms with Crippen LogP contribution >= 0.6 is 22.9 Å². The van der Waals surface area contributed by atoms with Gasteiger partial charge in [0.25, 0.3) is 11.8 Å². The van der Waals surface area contributed by atoms with Crippen molar-refractivity contribution in [2.45, 2.75) is 38.6 Å². The summed E-state index contributed by atoms with van der Waals surface area (Å²) in [5.74, 6) is 0.0946. The maximum Gasteiger partial charge on any atom is 0.264 e. The summed E-state index contributed by atoms with van der Waals surface area (Å²) in [5.41, 5.74) is 4.52. The summed E-state index contributed by atoms with van der Waals surface area (Å²) in [6, 6.07) is 13.7. The van der Waals surface area contributed by atoms with E-state index in [0.717, 1.165) is 56.6 Å². The Morgan fingerprint density at radius 2 is 1.57 bits per heavy atom. The molecule has 37 heavy (non-hydrogen) atoms. The quantitative estimate of drug-likeness (QED) is 0.444. The number of piperidine rings is 2. The Morgan fingerprint density at radius 3 is 2.27 bits per heavy atom. The van der Waals surface area contributed by atoms with Gasteiger partial charge in [-0.25, -0.2) is 0 Å². The van der Waals surface area contributed by atoms with Crippen molar-refractivity contribution in [2.24, 2.45) is 5.41 Å². The molecule has 1 spiro atoms. The van der Waals surface area contributed by atoms with E-state index < -0.39 is 0 Å². The highest BCUT2D eigenvalue weighted by atomic mass is 35.5. The van der Waals surface area contributed by atoms with E-state index in [0.29, 0.717) is 27.7 Å². The van der Waals surface area contributed by atoms with E-state index in [1.165, 1.54) is 35.4 Å². The Morgan fingerprint density at radius 1 is 0.838 bits per heavy atom. The maximum absolute atomic E-state index is 13.7. The fourth-order valence-electron chi connectivity index (χ4n) is 6.19. The Balaban J connectivity index is 1.11. The molecule has 5 heterocycles. The van der Waals surface area contributed by atoms with Gasteiger partial charge in [-0.15, -0.1) is 11.3 Å². The third-order valence-corrected chi connectivity index (χ3v) is 9.76. The van der Waals surface area contributed by atoms with Crippen LogP contribution in [0.5, 0.6) is 0 Å². The molecule has 3 aromatic rings. The van der Waals surface area contributed by atoms with Crippen LogP contribution in [0.1, 0.15) is 56.8 Å². The van der Waals surface area contributed by atoms with E-state index in [1.807, 2.05) is 34.3 Å². The van der Waals surface area contributed by atoms with Gasteiger partial charge in [-0.1, -0.05) is 23.7 Å². The number of thiophene rings is 1. The molecule has 8 heteroatoms. The second-order valence-electron chi connectivity index (χ2n) is 10.5. The van der Waals surface area contributed by atoms with Crippen LogP contribution in [0.3, 0.4) is 0 Å². The van der Waals surface area contributed by atoms with Crippen molar-refractivity contribution in [1.82, 2.24) is 14.8 Å². The second kappa shape index (κ2) is 10.1. The van der Waals surface area contributed by atoms with Gasteiger partial charge in [0, 0.05) is 62.9 Å². The van der Waals surface area contributed by atoms with Crippen molar-refractivity contribution in [3.05, 3.63) is 80.8 Å². The first-order valence-corrected chi connectivity index (χ1v) is 14.3. The number of hydrogen-bond donors (Lipinski definition) is 0. The molecule has 0 aliphatic carbocycles. The van der Waals surface area contributed by atoms with Gasteiger partial charge in [0.1, 0.15) is 0 Å². The molecule has 0 saturated carbocycles. The first-order chi connectivity index (χ1) is 18.0. The lowest BCUT2D eigenvalue weighted by Gasteiger charge is -2.47. The number of amides is 2. The number of carbonyl (C=O) groups excluding carboxylic acids is 2. The Bertz CT molecular complexity index is 1290. The van der Waals surface area contributed by atoms with E-state index in [1.54, 1.807) is 12.1 Å². The van der Waals surface area contributed by atoms with E-state index in [9.17, 15) is 9.59 Å². The van der Waals surface area contributed by atoms with Crippen LogP contribution in [0.2, 0.25) is 4.34 Å². The molecule has 0 N–H and O–H groups in total. The minimum atomic E-state index is -0.0113.